The van der Waals surface area contributed by atoms with Crippen LogP contribution >= 0.6 is 0 Å². The van der Waals surface area contributed by atoms with Gasteiger partial charge in [0.25, 0.3) is 5.91 Å². The molecule has 0 aliphatic rings. The Morgan fingerprint density at radius 2 is 1.70 bits per heavy atom. The quantitative estimate of drug-likeness (QED) is 0.498. The number of oxazole rings is 1. The molecule has 5 aromatic rings. The van der Waals surface area contributed by atoms with Gasteiger partial charge in [-0.05, 0) is 48.5 Å². The maximum atomic E-state index is 12.4. The Bertz CT molecular complexity index is 1200. The van der Waals surface area contributed by atoms with E-state index in [9.17, 15) is 4.79 Å². The lowest BCUT2D eigenvalue weighted by atomic mass is 10.2. The smallest absolute Gasteiger partial charge is 0.291 e. The summed E-state index contributed by atoms with van der Waals surface area (Å²) in [7, 11) is 0. The van der Waals surface area contributed by atoms with Crippen molar-refractivity contribution in [1.29, 1.82) is 0 Å². The highest BCUT2D eigenvalue weighted by atomic mass is 16.4. The van der Waals surface area contributed by atoms with Crippen LogP contribution in [0.3, 0.4) is 0 Å². The van der Waals surface area contributed by atoms with Crippen molar-refractivity contribution in [1.82, 2.24) is 9.97 Å². The molecule has 5 rings (SSSR count). The number of carbonyl (C=O) groups excluding carboxylic acids is 1. The molecule has 1 N–H and O–H groups in total. The SMILES string of the molecule is O=C(Nc1ccc(-c2nc3ncccc3o2)cc1)c1cc2ccccc2o1. The van der Waals surface area contributed by atoms with Crippen LogP contribution in [-0.4, -0.2) is 15.9 Å². The molecule has 130 valence electrons. The van der Waals surface area contributed by atoms with Gasteiger partial charge >= 0.3 is 0 Å². The lowest BCUT2D eigenvalue weighted by Crippen LogP contribution is -2.10. The van der Waals surface area contributed by atoms with Crippen molar-refractivity contribution in [3.05, 3.63) is 78.7 Å². The lowest BCUT2D eigenvalue weighted by molar-refractivity contribution is 0.0998. The number of anilines is 1. The summed E-state index contributed by atoms with van der Waals surface area (Å²) in [6.45, 7) is 0. The van der Waals surface area contributed by atoms with Crippen LogP contribution < -0.4 is 5.32 Å². The Hall–Kier alpha value is -3.93. The fraction of sp³-hybridized carbons (Fsp3) is 0. The first-order chi connectivity index (χ1) is 13.3. The van der Waals surface area contributed by atoms with E-state index in [1.54, 1.807) is 30.5 Å². The van der Waals surface area contributed by atoms with Crippen LogP contribution in [0.2, 0.25) is 0 Å². The summed E-state index contributed by atoms with van der Waals surface area (Å²) in [6, 6.07) is 20.1. The number of fused-ring (bicyclic) bond motifs is 2. The largest absolute Gasteiger partial charge is 0.451 e. The minimum absolute atomic E-state index is 0.269. The summed E-state index contributed by atoms with van der Waals surface area (Å²) in [5.74, 6) is 0.453. The minimum Gasteiger partial charge on any atom is -0.451 e. The van der Waals surface area contributed by atoms with Crippen molar-refractivity contribution in [2.75, 3.05) is 5.32 Å². The molecule has 6 nitrogen and oxygen atoms in total. The third-order valence-electron chi connectivity index (χ3n) is 4.20. The van der Waals surface area contributed by atoms with Crippen LogP contribution in [0, 0.1) is 0 Å². The second-order valence-corrected chi connectivity index (χ2v) is 6.02. The van der Waals surface area contributed by atoms with E-state index in [1.807, 2.05) is 42.5 Å². The van der Waals surface area contributed by atoms with E-state index in [0.717, 1.165) is 10.9 Å². The number of rotatable bonds is 3. The topological polar surface area (TPSA) is 81.2 Å². The van der Waals surface area contributed by atoms with Gasteiger partial charge in [0.2, 0.25) is 5.89 Å². The van der Waals surface area contributed by atoms with Gasteiger partial charge in [0.15, 0.2) is 17.0 Å². The molecule has 0 fully saturated rings. The summed E-state index contributed by atoms with van der Waals surface area (Å²) < 4.78 is 11.3. The molecule has 0 unspecified atom stereocenters. The Morgan fingerprint density at radius 1 is 0.889 bits per heavy atom. The highest BCUT2D eigenvalue weighted by molar-refractivity contribution is 6.04. The number of hydrogen-bond acceptors (Lipinski definition) is 5. The number of furan rings is 1. The van der Waals surface area contributed by atoms with Crippen molar-refractivity contribution < 1.29 is 13.6 Å². The molecule has 0 saturated carbocycles. The molecule has 0 atom stereocenters. The predicted molar refractivity (Wildman–Crippen MR) is 101 cm³/mol. The predicted octanol–water partition coefficient (Wildman–Crippen LogP) is 4.89. The number of pyridine rings is 1. The van der Waals surface area contributed by atoms with Crippen molar-refractivity contribution in [2.45, 2.75) is 0 Å². The highest BCUT2D eigenvalue weighted by Gasteiger charge is 2.13. The zero-order valence-corrected chi connectivity index (χ0v) is 14.0. The van der Waals surface area contributed by atoms with E-state index in [0.29, 0.717) is 28.4 Å². The van der Waals surface area contributed by atoms with Crippen molar-refractivity contribution in [3.8, 4) is 11.5 Å². The van der Waals surface area contributed by atoms with Crippen LogP contribution in [0.4, 0.5) is 5.69 Å². The third kappa shape index (κ3) is 2.83. The van der Waals surface area contributed by atoms with Gasteiger partial charge in [-0.3, -0.25) is 4.79 Å². The summed E-state index contributed by atoms with van der Waals surface area (Å²) in [6.07, 6.45) is 1.67. The maximum Gasteiger partial charge on any atom is 0.291 e. The van der Waals surface area contributed by atoms with Crippen molar-refractivity contribution in [2.24, 2.45) is 0 Å². The highest BCUT2D eigenvalue weighted by Crippen LogP contribution is 2.25. The molecular formula is C21H13N3O3. The van der Waals surface area contributed by atoms with Crippen molar-refractivity contribution >= 4 is 33.8 Å². The number of nitrogens with zero attached hydrogens (tertiary/aromatic N) is 2. The molecule has 0 spiro atoms. The Kier molecular flexibility index (Phi) is 3.47. The first-order valence-corrected chi connectivity index (χ1v) is 8.38. The lowest BCUT2D eigenvalue weighted by Gasteiger charge is -2.03. The molecule has 0 bridgehead atoms. The summed E-state index contributed by atoms with van der Waals surface area (Å²) in [5.41, 5.74) is 3.33. The Labute approximate surface area is 153 Å². The van der Waals surface area contributed by atoms with Gasteiger partial charge < -0.3 is 14.2 Å². The number of carbonyl (C=O) groups is 1. The number of amides is 1. The molecule has 0 radical (unpaired) electrons. The summed E-state index contributed by atoms with van der Waals surface area (Å²) in [5, 5.41) is 3.72. The van der Waals surface area contributed by atoms with E-state index in [-0.39, 0.29) is 11.7 Å². The number of nitrogens with one attached hydrogen (secondary N) is 1. The van der Waals surface area contributed by atoms with E-state index < -0.39 is 0 Å². The second-order valence-electron chi connectivity index (χ2n) is 6.02. The third-order valence-corrected chi connectivity index (χ3v) is 4.20. The van der Waals surface area contributed by atoms with Gasteiger partial charge in [0.05, 0.1) is 0 Å². The van der Waals surface area contributed by atoms with Crippen LogP contribution in [0.25, 0.3) is 33.7 Å². The van der Waals surface area contributed by atoms with Crippen LogP contribution in [0.5, 0.6) is 0 Å². The molecule has 2 aromatic carbocycles. The van der Waals surface area contributed by atoms with E-state index in [2.05, 4.69) is 15.3 Å². The molecule has 0 aliphatic heterocycles. The zero-order chi connectivity index (χ0) is 18.2. The van der Waals surface area contributed by atoms with Crippen LogP contribution in [0.15, 0.2) is 81.8 Å². The van der Waals surface area contributed by atoms with E-state index in [1.165, 1.54) is 0 Å². The summed E-state index contributed by atoms with van der Waals surface area (Å²) >= 11 is 0. The van der Waals surface area contributed by atoms with Gasteiger partial charge in [-0.2, -0.15) is 4.98 Å². The maximum absolute atomic E-state index is 12.4. The van der Waals surface area contributed by atoms with Gasteiger partial charge in [0.1, 0.15) is 5.58 Å². The van der Waals surface area contributed by atoms with Gasteiger partial charge in [-0.15, -0.1) is 0 Å². The van der Waals surface area contributed by atoms with Crippen LogP contribution in [0.1, 0.15) is 10.6 Å². The average molecular weight is 355 g/mol. The fourth-order valence-electron chi connectivity index (χ4n) is 2.88. The average Bonchev–Trinajstić information content (AvgIpc) is 3.32. The van der Waals surface area contributed by atoms with E-state index >= 15 is 0 Å². The fourth-order valence-corrected chi connectivity index (χ4v) is 2.88. The van der Waals surface area contributed by atoms with Gasteiger partial charge in [0, 0.05) is 22.8 Å². The standard InChI is InChI=1S/C21H13N3O3/c25-20(18-12-14-4-1-2-5-16(14)26-18)23-15-9-7-13(8-10-15)21-24-19-17(27-21)6-3-11-22-19/h1-12H,(H,23,25). The summed E-state index contributed by atoms with van der Waals surface area (Å²) in [4.78, 5) is 20.9. The number of para-hydroxylation sites is 1. The molecular weight excluding hydrogens is 342 g/mol. The zero-order valence-electron chi connectivity index (χ0n) is 14.0. The number of hydrogen-bond donors (Lipinski definition) is 1. The number of aromatic nitrogens is 2. The van der Waals surface area contributed by atoms with Crippen LogP contribution in [-0.2, 0) is 0 Å². The molecule has 0 aliphatic carbocycles. The molecule has 1 amide bonds. The Balaban J connectivity index is 1.37. The molecule has 27 heavy (non-hydrogen) atoms. The first-order valence-electron chi connectivity index (χ1n) is 8.38. The minimum atomic E-state index is -0.301. The van der Waals surface area contributed by atoms with Gasteiger partial charge in [-0.1, -0.05) is 18.2 Å². The van der Waals surface area contributed by atoms with Crippen molar-refractivity contribution in [3.63, 3.8) is 0 Å². The second kappa shape index (κ2) is 6.10. The number of benzene rings is 2. The first kappa shape index (κ1) is 15.3. The van der Waals surface area contributed by atoms with E-state index in [4.69, 9.17) is 8.83 Å². The molecule has 0 saturated heterocycles. The monoisotopic (exact) mass is 355 g/mol. The normalized spacial score (nSPS) is 11.1. The van der Waals surface area contributed by atoms with Gasteiger partial charge in [-0.25, -0.2) is 4.98 Å². The molecule has 3 aromatic heterocycles. The Morgan fingerprint density at radius 3 is 2.52 bits per heavy atom. The molecule has 6 heteroatoms. The molecule has 3 heterocycles.